The van der Waals surface area contributed by atoms with Gasteiger partial charge in [-0.1, -0.05) is 58.1 Å². The van der Waals surface area contributed by atoms with E-state index in [1.807, 2.05) is 6.92 Å². The Kier molecular flexibility index (Phi) is 15.3. The van der Waals surface area contributed by atoms with Crippen molar-refractivity contribution >= 4 is 22.0 Å². The maximum Gasteiger partial charge on any atom is 1.00 e. The van der Waals surface area contributed by atoms with E-state index in [2.05, 4.69) is 12.2 Å². The van der Waals surface area contributed by atoms with Gasteiger partial charge in [-0.25, -0.2) is 8.42 Å². The van der Waals surface area contributed by atoms with Gasteiger partial charge in [-0.2, -0.15) is 0 Å². The number of hydrogen-bond donors (Lipinski definition) is 1. The topological polar surface area (TPSA) is 113 Å². The van der Waals surface area contributed by atoms with Crippen LogP contribution in [-0.4, -0.2) is 31.4 Å². The molecule has 0 aliphatic heterocycles. The number of amides is 1. The maximum atomic E-state index is 12.0. The van der Waals surface area contributed by atoms with E-state index < -0.39 is 21.0 Å². The van der Waals surface area contributed by atoms with Crippen LogP contribution in [0, 0.1) is 5.92 Å². The van der Waals surface area contributed by atoms with Gasteiger partial charge in [0.15, 0.2) is 0 Å². The number of rotatable bonds is 14. The zero-order chi connectivity index (χ0) is 21.7. The van der Waals surface area contributed by atoms with Crippen LogP contribution in [0.5, 0.6) is 5.75 Å². The normalized spacial score (nSPS) is 12.0. The van der Waals surface area contributed by atoms with Crippen LogP contribution in [0.4, 0.5) is 0 Å². The minimum absolute atomic E-state index is 0. The molecule has 0 saturated heterocycles. The Hall–Kier alpha value is -0.930. The first-order valence-corrected chi connectivity index (χ1v) is 11.7. The minimum Gasteiger partial charge on any atom is -0.744 e. The summed E-state index contributed by atoms with van der Waals surface area (Å²) in [5, 5.41) is 2.92. The van der Waals surface area contributed by atoms with E-state index in [0.29, 0.717) is 13.0 Å². The van der Waals surface area contributed by atoms with Crippen molar-refractivity contribution in [2.75, 3.05) is 6.54 Å². The summed E-state index contributed by atoms with van der Waals surface area (Å²) in [4.78, 5) is 23.3. The van der Waals surface area contributed by atoms with E-state index in [-0.39, 0.29) is 53.6 Å². The third-order valence-corrected chi connectivity index (χ3v) is 5.51. The first-order valence-electron chi connectivity index (χ1n) is 10.3. The minimum atomic E-state index is -4.70. The first kappa shape index (κ1) is 29.1. The van der Waals surface area contributed by atoms with Gasteiger partial charge in [0.05, 0.1) is 4.90 Å². The van der Waals surface area contributed by atoms with Crippen LogP contribution in [0.15, 0.2) is 29.2 Å². The zero-order valence-corrected chi connectivity index (χ0v) is 21.1. The van der Waals surface area contributed by atoms with Gasteiger partial charge in [-0.3, -0.25) is 9.59 Å². The predicted octanol–water partition coefficient (Wildman–Crippen LogP) is 0.783. The Morgan fingerprint density at radius 2 is 1.73 bits per heavy atom. The number of hydrogen-bond acceptors (Lipinski definition) is 6. The second-order valence-corrected chi connectivity index (χ2v) is 8.58. The molecular weight excluding hydrogens is 417 g/mol. The predicted molar refractivity (Wildman–Crippen MR) is 109 cm³/mol. The summed E-state index contributed by atoms with van der Waals surface area (Å²) in [5.74, 6) is -0.756. The van der Waals surface area contributed by atoms with Crippen molar-refractivity contribution in [3.63, 3.8) is 0 Å². The molecule has 0 bridgehead atoms. The van der Waals surface area contributed by atoms with Gasteiger partial charge in [0.2, 0.25) is 5.91 Å². The average molecular weight is 450 g/mol. The number of esters is 1. The first-order chi connectivity index (χ1) is 13.8. The summed E-state index contributed by atoms with van der Waals surface area (Å²) in [5.41, 5.74) is 0. The quantitative estimate of drug-likeness (QED) is 0.148. The van der Waals surface area contributed by atoms with Crippen molar-refractivity contribution in [3.05, 3.63) is 24.3 Å². The van der Waals surface area contributed by atoms with Crippen molar-refractivity contribution < 1.29 is 56.9 Å². The molecule has 0 spiro atoms. The molecule has 1 aromatic rings. The van der Waals surface area contributed by atoms with Gasteiger partial charge in [-0.05, 0) is 31.4 Å². The molecule has 1 unspecified atom stereocenters. The molecule has 164 valence electrons. The number of para-hydroxylation sites is 1. The number of unbranched alkanes of at least 4 members (excludes halogenated alkanes) is 5. The summed E-state index contributed by atoms with van der Waals surface area (Å²) in [6.07, 6.45) is 7.64. The Labute approximate surface area is 202 Å². The van der Waals surface area contributed by atoms with Crippen LogP contribution in [-0.2, 0) is 19.7 Å². The standard InChI is InChI=1S/C21H33NO6S.Na/c1-3-4-5-7-12-17(2)21(24)22-16-11-6-8-15-20(23)28-18-13-9-10-14-19(18)29(25,26)27;/h9-10,13-14,17H,3-8,11-12,15-16H2,1-2H3,(H,22,24)(H,25,26,27);/q;+1/p-1. The monoisotopic (exact) mass is 449 g/mol. The molecule has 0 saturated carbocycles. The van der Waals surface area contributed by atoms with Crippen molar-refractivity contribution in [1.82, 2.24) is 5.32 Å². The fourth-order valence-electron chi connectivity index (χ4n) is 2.88. The molecule has 1 atom stereocenters. The van der Waals surface area contributed by atoms with E-state index >= 15 is 0 Å². The number of nitrogens with one attached hydrogen (secondary N) is 1. The van der Waals surface area contributed by atoms with E-state index in [0.717, 1.165) is 38.2 Å². The van der Waals surface area contributed by atoms with Crippen LogP contribution in [0.25, 0.3) is 0 Å². The van der Waals surface area contributed by atoms with Gasteiger partial charge < -0.3 is 14.6 Å². The second kappa shape index (κ2) is 15.8. The van der Waals surface area contributed by atoms with E-state index in [1.165, 1.54) is 31.0 Å². The van der Waals surface area contributed by atoms with Crippen molar-refractivity contribution in [2.45, 2.75) is 76.5 Å². The van der Waals surface area contributed by atoms with Gasteiger partial charge in [0.1, 0.15) is 15.9 Å². The van der Waals surface area contributed by atoms with Crippen molar-refractivity contribution in [3.8, 4) is 5.75 Å². The summed E-state index contributed by atoms with van der Waals surface area (Å²) in [7, 11) is -4.70. The van der Waals surface area contributed by atoms with Crippen LogP contribution >= 0.6 is 0 Å². The Morgan fingerprint density at radius 1 is 1.07 bits per heavy atom. The van der Waals surface area contributed by atoms with Crippen LogP contribution in [0.1, 0.15) is 71.6 Å². The summed E-state index contributed by atoms with van der Waals surface area (Å²) in [6.45, 7) is 4.66. The van der Waals surface area contributed by atoms with Crippen LogP contribution < -0.4 is 39.6 Å². The van der Waals surface area contributed by atoms with E-state index in [9.17, 15) is 22.6 Å². The van der Waals surface area contributed by atoms with Crippen molar-refractivity contribution in [2.24, 2.45) is 5.92 Å². The number of ether oxygens (including phenoxy) is 1. The number of carbonyl (C=O) groups excluding carboxylic acids is 2. The molecule has 1 rings (SSSR count). The van der Waals surface area contributed by atoms with Gasteiger partial charge in [-0.15, -0.1) is 0 Å². The third-order valence-electron chi connectivity index (χ3n) is 4.64. The average Bonchev–Trinajstić information content (AvgIpc) is 2.67. The molecule has 0 fully saturated rings. The van der Waals surface area contributed by atoms with Gasteiger partial charge >= 0.3 is 35.5 Å². The molecule has 9 heteroatoms. The molecule has 0 aliphatic rings. The molecule has 7 nitrogen and oxygen atoms in total. The summed E-state index contributed by atoms with van der Waals surface area (Å²) >= 11 is 0. The number of benzene rings is 1. The zero-order valence-electron chi connectivity index (χ0n) is 18.3. The largest absolute Gasteiger partial charge is 1.00 e. The van der Waals surface area contributed by atoms with Gasteiger partial charge in [0, 0.05) is 18.9 Å². The number of carbonyl (C=O) groups is 2. The van der Waals surface area contributed by atoms with Crippen molar-refractivity contribution in [1.29, 1.82) is 0 Å². The fraction of sp³-hybridized carbons (Fsp3) is 0.619. The molecular formula is C21H32NNaO6S. The van der Waals surface area contributed by atoms with E-state index in [4.69, 9.17) is 4.74 Å². The Balaban J connectivity index is 0.00000841. The van der Waals surface area contributed by atoms with Gasteiger partial charge in [0.25, 0.3) is 0 Å². The molecule has 1 amide bonds. The molecule has 1 N–H and O–H groups in total. The molecule has 0 radical (unpaired) electrons. The van der Waals surface area contributed by atoms with Crippen LogP contribution in [0.3, 0.4) is 0 Å². The van der Waals surface area contributed by atoms with Crippen LogP contribution in [0.2, 0.25) is 0 Å². The molecule has 30 heavy (non-hydrogen) atoms. The fourth-order valence-corrected chi connectivity index (χ4v) is 3.48. The Morgan fingerprint density at radius 3 is 2.40 bits per heavy atom. The summed E-state index contributed by atoms with van der Waals surface area (Å²) < 4.78 is 38.5. The molecule has 0 heterocycles. The third kappa shape index (κ3) is 12.1. The molecule has 0 aromatic heterocycles. The smallest absolute Gasteiger partial charge is 0.744 e. The Bertz CT molecular complexity index is 754. The second-order valence-electron chi connectivity index (χ2n) is 7.23. The maximum absolute atomic E-state index is 12.0. The van der Waals surface area contributed by atoms with E-state index in [1.54, 1.807) is 0 Å². The SMILES string of the molecule is CCCCCCC(C)C(=O)NCCCCCC(=O)Oc1ccccc1S(=O)(=O)[O-].[Na+]. The molecule has 0 aliphatic carbocycles. The summed E-state index contributed by atoms with van der Waals surface area (Å²) in [6, 6.07) is 5.27. The molecule has 1 aromatic carbocycles.